The zero-order chi connectivity index (χ0) is 13.0. The Labute approximate surface area is 111 Å². The normalized spacial score (nSPS) is 25.4. The molecule has 4 nitrogen and oxygen atoms in total. The monoisotopic (exact) mass is 274 g/mol. The van der Waals surface area contributed by atoms with Crippen LogP contribution in [0.2, 0.25) is 0 Å². The van der Waals surface area contributed by atoms with Gasteiger partial charge in [0, 0.05) is 13.1 Å². The molecule has 2 rings (SSSR count). The van der Waals surface area contributed by atoms with Gasteiger partial charge in [-0.15, -0.1) is 0 Å². The summed E-state index contributed by atoms with van der Waals surface area (Å²) in [5, 5.41) is 3.28. The van der Waals surface area contributed by atoms with Crippen molar-refractivity contribution < 1.29 is 8.42 Å². The molecule has 0 amide bonds. The number of hydrogen-bond acceptors (Lipinski definition) is 3. The standard InChI is InChI=1S/C13H26N2O2S/c1-2-12-5-9-15(10-6-12)18(16,17)11-13-3-7-14-8-4-13/h12-14H,2-11H2,1H3. The summed E-state index contributed by atoms with van der Waals surface area (Å²) >= 11 is 0. The summed E-state index contributed by atoms with van der Waals surface area (Å²) in [5.74, 6) is 1.46. The lowest BCUT2D eigenvalue weighted by molar-refractivity contribution is 0.266. The van der Waals surface area contributed by atoms with Crippen molar-refractivity contribution in [3.8, 4) is 0 Å². The van der Waals surface area contributed by atoms with Crippen LogP contribution in [0.25, 0.3) is 0 Å². The van der Waals surface area contributed by atoms with E-state index in [1.54, 1.807) is 4.31 Å². The molecule has 2 aliphatic heterocycles. The summed E-state index contributed by atoms with van der Waals surface area (Å²) in [6.07, 6.45) is 5.28. The smallest absolute Gasteiger partial charge is 0.214 e. The molecule has 2 saturated heterocycles. The second-order valence-electron chi connectivity index (χ2n) is 5.72. The Morgan fingerprint density at radius 2 is 1.67 bits per heavy atom. The van der Waals surface area contributed by atoms with Gasteiger partial charge in [-0.3, -0.25) is 0 Å². The summed E-state index contributed by atoms with van der Waals surface area (Å²) in [7, 11) is -3.01. The number of nitrogens with one attached hydrogen (secondary N) is 1. The van der Waals surface area contributed by atoms with Gasteiger partial charge in [0.05, 0.1) is 5.75 Å². The Bertz CT molecular complexity index is 342. The molecule has 0 aliphatic carbocycles. The van der Waals surface area contributed by atoms with Gasteiger partial charge in [0.2, 0.25) is 10.0 Å². The van der Waals surface area contributed by atoms with Crippen LogP contribution in [-0.4, -0.2) is 44.7 Å². The van der Waals surface area contributed by atoms with Crippen molar-refractivity contribution in [2.24, 2.45) is 11.8 Å². The molecule has 106 valence electrons. The molecule has 1 N–H and O–H groups in total. The molecule has 2 fully saturated rings. The van der Waals surface area contributed by atoms with Gasteiger partial charge in [0.15, 0.2) is 0 Å². The van der Waals surface area contributed by atoms with Gasteiger partial charge in [-0.2, -0.15) is 0 Å². The highest BCUT2D eigenvalue weighted by Crippen LogP contribution is 2.24. The molecule has 2 aliphatic rings. The molecule has 18 heavy (non-hydrogen) atoms. The highest BCUT2D eigenvalue weighted by atomic mass is 32.2. The maximum absolute atomic E-state index is 12.4. The van der Waals surface area contributed by atoms with E-state index in [4.69, 9.17) is 0 Å². The lowest BCUT2D eigenvalue weighted by atomic mass is 9.96. The minimum Gasteiger partial charge on any atom is -0.317 e. The van der Waals surface area contributed by atoms with Crippen LogP contribution in [0.15, 0.2) is 0 Å². The van der Waals surface area contributed by atoms with E-state index in [2.05, 4.69) is 12.2 Å². The topological polar surface area (TPSA) is 49.4 Å². The average Bonchev–Trinajstić information content (AvgIpc) is 2.39. The summed E-state index contributed by atoms with van der Waals surface area (Å²) in [4.78, 5) is 0. The minimum atomic E-state index is -3.01. The maximum atomic E-state index is 12.4. The number of nitrogens with zero attached hydrogens (tertiary/aromatic N) is 1. The molecular weight excluding hydrogens is 248 g/mol. The lowest BCUT2D eigenvalue weighted by Gasteiger charge is -2.32. The number of rotatable bonds is 4. The molecule has 0 bridgehead atoms. The second-order valence-corrected chi connectivity index (χ2v) is 7.74. The first kappa shape index (κ1) is 14.3. The van der Waals surface area contributed by atoms with Crippen molar-refractivity contribution >= 4 is 10.0 Å². The van der Waals surface area contributed by atoms with E-state index < -0.39 is 10.0 Å². The Kier molecular flexibility index (Phi) is 5.04. The Balaban J connectivity index is 1.86. The molecule has 0 radical (unpaired) electrons. The first-order valence-electron chi connectivity index (χ1n) is 7.30. The Hall–Kier alpha value is -0.130. The zero-order valence-electron chi connectivity index (χ0n) is 11.4. The predicted molar refractivity (Wildman–Crippen MR) is 74.0 cm³/mol. The van der Waals surface area contributed by atoms with Crippen LogP contribution in [0.5, 0.6) is 0 Å². The van der Waals surface area contributed by atoms with Crippen LogP contribution in [0.4, 0.5) is 0 Å². The van der Waals surface area contributed by atoms with Gasteiger partial charge < -0.3 is 5.32 Å². The molecule has 0 unspecified atom stereocenters. The van der Waals surface area contributed by atoms with E-state index in [1.165, 1.54) is 6.42 Å². The van der Waals surface area contributed by atoms with E-state index in [1.807, 2.05) is 0 Å². The second kappa shape index (κ2) is 6.35. The zero-order valence-corrected chi connectivity index (χ0v) is 12.2. The van der Waals surface area contributed by atoms with Crippen molar-refractivity contribution in [1.29, 1.82) is 0 Å². The maximum Gasteiger partial charge on any atom is 0.214 e. The van der Waals surface area contributed by atoms with E-state index in [9.17, 15) is 8.42 Å². The lowest BCUT2D eigenvalue weighted by Crippen LogP contribution is -2.42. The first-order valence-corrected chi connectivity index (χ1v) is 8.91. The van der Waals surface area contributed by atoms with Crippen molar-refractivity contribution in [2.75, 3.05) is 31.9 Å². The fraction of sp³-hybridized carbons (Fsp3) is 1.00. The molecule has 0 aromatic heterocycles. The molecule has 0 spiro atoms. The van der Waals surface area contributed by atoms with Gasteiger partial charge in [-0.05, 0) is 50.6 Å². The Morgan fingerprint density at radius 1 is 1.06 bits per heavy atom. The molecule has 2 heterocycles. The van der Waals surface area contributed by atoms with Gasteiger partial charge in [0.1, 0.15) is 0 Å². The van der Waals surface area contributed by atoms with Crippen LogP contribution < -0.4 is 5.32 Å². The van der Waals surface area contributed by atoms with Crippen molar-refractivity contribution in [1.82, 2.24) is 9.62 Å². The van der Waals surface area contributed by atoms with E-state index >= 15 is 0 Å². The molecular formula is C13H26N2O2S. The Morgan fingerprint density at radius 3 is 2.22 bits per heavy atom. The highest BCUT2D eigenvalue weighted by Gasteiger charge is 2.30. The third kappa shape index (κ3) is 3.68. The first-order chi connectivity index (χ1) is 8.62. The number of piperidine rings is 2. The number of hydrogen-bond donors (Lipinski definition) is 1. The highest BCUT2D eigenvalue weighted by molar-refractivity contribution is 7.89. The van der Waals surface area contributed by atoms with Crippen LogP contribution in [0.1, 0.15) is 39.0 Å². The summed E-state index contributed by atoms with van der Waals surface area (Å²) < 4.78 is 26.4. The van der Waals surface area contributed by atoms with Crippen molar-refractivity contribution in [3.05, 3.63) is 0 Å². The molecule has 0 saturated carbocycles. The van der Waals surface area contributed by atoms with Crippen LogP contribution >= 0.6 is 0 Å². The predicted octanol–water partition coefficient (Wildman–Crippen LogP) is 1.44. The quantitative estimate of drug-likeness (QED) is 0.844. The SMILES string of the molecule is CCC1CCN(S(=O)(=O)CC2CCNCC2)CC1. The van der Waals surface area contributed by atoms with Gasteiger partial charge in [0.25, 0.3) is 0 Å². The van der Waals surface area contributed by atoms with Crippen LogP contribution in [-0.2, 0) is 10.0 Å². The largest absolute Gasteiger partial charge is 0.317 e. The van der Waals surface area contributed by atoms with Crippen molar-refractivity contribution in [3.63, 3.8) is 0 Å². The summed E-state index contributed by atoms with van der Waals surface area (Å²) in [6, 6.07) is 0. The molecule has 5 heteroatoms. The molecule has 0 aromatic carbocycles. The average molecular weight is 274 g/mol. The van der Waals surface area contributed by atoms with Crippen LogP contribution in [0.3, 0.4) is 0 Å². The van der Waals surface area contributed by atoms with E-state index in [0.29, 0.717) is 11.7 Å². The summed E-state index contributed by atoms with van der Waals surface area (Å²) in [5.41, 5.74) is 0. The summed E-state index contributed by atoms with van der Waals surface area (Å²) in [6.45, 7) is 5.62. The number of sulfonamides is 1. The van der Waals surface area contributed by atoms with Gasteiger partial charge in [-0.25, -0.2) is 12.7 Å². The van der Waals surface area contributed by atoms with Gasteiger partial charge in [-0.1, -0.05) is 13.3 Å². The minimum absolute atomic E-state index is 0.361. The third-order valence-corrected chi connectivity index (χ3v) is 6.49. The fourth-order valence-electron chi connectivity index (χ4n) is 3.05. The van der Waals surface area contributed by atoms with Crippen molar-refractivity contribution in [2.45, 2.75) is 39.0 Å². The molecule has 0 aromatic rings. The van der Waals surface area contributed by atoms with Crippen LogP contribution in [0, 0.1) is 11.8 Å². The molecule has 0 atom stereocenters. The van der Waals surface area contributed by atoms with Gasteiger partial charge >= 0.3 is 0 Å². The van der Waals surface area contributed by atoms with E-state index in [-0.39, 0.29) is 0 Å². The fourth-order valence-corrected chi connectivity index (χ4v) is 4.95. The van der Waals surface area contributed by atoms with E-state index in [0.717, 1.165) is 57.8 Å². The third-order valence-electron chi connectivity index (χ3n) is 4.45.